The van der Waals surface area contributed by atoms with E-state index in [0.717, 1.165) is 10.9 Å². The quantitative estimate of drug-likeness (QED) is 0.679. The van der Waals surface area contributed by atoms with E-state index in [1.807, 2.05) is 26.2 Å². The second kappa shape index (κ2) is 3.37. The first-order valence-corrected chi connectivity index (χ1v) is 4.73. The molecule has 0 aliphatic heterocycles. The number of imidazole rings is 1. The van der Waals surface area contributed by atoms with E-state index in [1.54, 1.807) is 0 Å². The van der Waals surface area contributed by atoms with E-state index in [2.05, 4.69) is 9.97 Å². The molecule has 62 valence electrons. The normalized spacial score (nSPS) is 11.3. The van der Waals surface area contributed by atoms with Crippen LogP contribution in [-0.4, -0.2) is 30.2 Å². The van der Waals surface area contributed by atoms with Crippen molar-refractivity contribution in [3.05, 3.63) is 11.8 Å². The van der Waals surface area contributed by atoms with Crippen LogP contribution in [0.15, 0.2) is 5.96 Å². The second-order valence-electron chi connectivity index (χ2n) is 2.60. The Morgan fingerprint density at radius 2 is 2.15 bits per heavy atom. The summed E-state index contributed by atoms with van der Waals surface area (Å²) in [5, 5.41) is 0. The van der Waals surface area contributed by atoms with E-state index in [0.29, 0.717) is 5.82 Å². The van der Waals surface area contributed by atoms with Gasteiger partial charge in [0.2, 0.25) is 0 Å². The molecule has 0 fully saturated rings. The van der Waals surface area contributed by atoms with Crippen LogP contribution in [0.25, 0.3) is 10.9 Å². The van der Waals surface area contributed by atoms with Crippen molar-refractivity contribution in [3.8, 4) is 0 Å². The molecule has 2 nitrogen and oxygen atoms in total. The molecule has 0 spiro atoms. The van der Waals surface area contributed by atoms with Crippen LogP contribution in [0.1, 0.15) is 5.82 Å². The molecule has 0 aliphatic rings. The minimum atomic E-state index is -1.49. The van der Waals surface area contributed by atoms with Gasteiger partial charge in [-0.1, -0.05) is 0 Å². The average molecular weight is 229 g/mol. The number of rotatable bonds is 0. The summed E-state index contributed by atoms with van der Waals surface area (Å²) >= 11 is 17.0. The van der Waals surface area contributed by atoms with Crippen molar-refractivity contribution in [2.45, 2.75) is 3.79 Å². The molecule has 2 heterocycles. The van der Waals surface area contributed by atoms with Crippen LogP contribution < -0.4 is 0 Å². The standard InChI is InChI=1S/C5H2B3Cl3N2/c9-5(10,11)4-12-2-1-6-8-7-3(2)13-4/h1H,(H,12,13). The summed E-state index contributed by atoms with van der Waals surface area (Å²) in [7, 11) is 0. The van der Waals surface area contributed by atoms with Gasteiger partial charge in [0, 0.05) is 0 Å². The molecule has 0 aliphatic carbocycles. The number of fused-ring (bicyclic) bond motifs is 1. The third-order valence-electron chi connectivity index (χ3n) is 1.66. The second-order valence-corrected chi connectivity index (χ2v) is 4.88. The summed E-state index contributed by atoms with van der Waals surface area (Å²) in [6.45, 7) is 5.65. The first kappa shape index (κ1) is 9.69. The van der Waals surface area contributed by atoms with E-state index in [4.69, 9.17) is 34.8 Å². The molecule has 1 N–H and O–H groups in total. The molecule has 2 rings (SSSR count). The van der Waals surface area contributed by atoms with Crippen LogP contribution in [0, 0.1) is 0 Å². The number of H-pyrrole nitrogens is 1. The summed E-state index contributed by atoms with van der Waals surface area (Å²) < 4.78 is -1.49. The molecule has 0 amide bonds. The maximum atomic E-state index is 5.67. The van der Waals surface area contributed by atoms with Gasteiger partial charge in [-0.15, -0.1) is 0 Å². The predicted octanol–water partition coefficient (Wildman–Crippen LogP) is 1.40. The number of alkyl halides is 3. The van der Waals surface area contributed by atoms with E-state index in [-0.39, 0.29) is 0 Å². The Bertz CT molecular complexity index is 405. The summed E-state index contributed by atoms with van der Waals surface area (Å²) in [5.74, 6) is 2.20. The van der Waals surface area contributed by atoms with Gasteiger partial charge in [0.1, 0.15) is 0 Å². The van der Waals surface area contributed by atoms with Crippen molar-refractivity contribution in [2.24, 2.45) is 0 Å². The van der Waals surface area contributed by atoms with Crippen LogP contribution in [0.3, 0.4) is 0 Å². The number of hydrogen-bond donors (Lipinski definition) is 1. The Morgan fingerprint density at radius 1 is 1.38 bits per heavy atom. The molecule has 0 aromatic carbocycles. The van der Waals surface area contributed by atoms with Crippen molar-refractivity contribution in [1.82, 2.24) is 9.97 Å². The molecular weight excluding hydrogens is 227 g/mol. The average Bonchev–Trinajstić information content (AvgIpc) is 2.45. The maximum absolute atomic E-state index is 5.67. The number of nitrogens with zero attached hydrogens (tertiary/aromatic N) is 1. The van der Waals surface area contributed by atoms with Crippen molar-refractivity contribution >= 4 is 66.0 Å². The zero-order chi connectivity index (χ0) is 9.47. The Hall–Kier alpha value is 0.145. The third kappa shape index (κ3) is 1.98. The number of aromatic amines is 1. The third-order valence-corrected chi connectivity index (χ3v) is 2.19. The SMILES string of the molecule is ClC(Cl)(Cl)c1nc2cbbbc2[nH]1. The topological polar surface area (TPSA) is 28.7 Å². The van der Waals surface area contributed by atoms with Crippen molar-refractivity contribution in [2.75, 3.05) is 0 Å². The fourth-order valence-electron chi connectivity index (χ4n) is 1.09. The number of nitrogens with one attached hydrogen (secondary N) is 1. The summed E-state index contributed by atoms with van der Waals surface area (Å²) in [4.78, 5) is 7.06. The number of hydrogen-bond acceptors (Lipinski definition) is 1. The molecule has 0 unspecified atom stereocenters. The van der Waals surface area contributed by atoms with Gasteiger partial charge in [0.15, 0.2) is 0 Å². The van der Waals surface area contributed by atoms with Crippen LogP contribution >= 0.6 is 34.8 Å². The fourth-order valence-corrected chi connectivity index (χ4v) is 1.36. The van der Waals surface area contributed by atoms with E-state index >= 15 is 0 Å². The van der Waals surface area contributed by atoms with Gasteiger partial charge in [-0.05, 0) is 0 Å². The van der Waals surface area contributed by atoms with Gasteiger partial charge in [0.25, 0.3) is 0 Å². The Morgan fingerprint density at radius 3 is 2.77 bits per heavy atom. The molecule has 0 atom stereocenters. The van der Waals surface area contributed by atoms with Gasteiger partial charge >= 0.3 is 91.6 Å². The van der Waals surface area contributed by atoms with Crippen LogP contribution in [-0.2, 0) is 3.79 Å². The van der Waals surface area contributed by atoms with Crippen molar-refractivity contribution in [1.29, 1.82) is 0 Å². The molecule has 0 saturated heterocycles. The van der Waals surface area contributed by atoms with Crippen LogP contribution in [0.4, 0.5) is 0 Å². The molecule has 8 heteroatoms. The van der Waals surface area contributed by atoms with Gasteiger partial charge in [0.05, 0.1) is 0 Å². The van der Waals surface area contributed by atoms with Gasteiger partial charge in [-0.3, -0.25) is 0 Å². The molecule has 2 aromatic rings. The predicted molar refractivity (Wildman–Crippen MR) is 59.4 cm³/mol. The summed E-state index contributed by atoms with van der Waals surface area (Å²) in [6.07, 6.45) is 0. The van der Waals surface area contributed by atoms with Crippen LogP contribution in [0.2, 0.25) is 0 Å². The van der Waals surface area contributed by atoms with Gasteiger partial charge in [-0.25, -0.2) is 0 Å². The van der Waals surface area contributed by atoms with Crippen LogP contribution in [0.5, 0.6) is 0 Å². The summed E-state index contributed by atoms with van der Waals surface area (Å²) in [5.41, 5.74) is 1.66. The van der Waals surface area contributed by atoms with E-state index < -0.39 is 3.79 Å². The minimum absolute atomic E-state index is 0.346. The Kier molecular flexibility index (Phi) is 2.51. The zero-order valence-corrected chi connectivity index (χ0v) is 8.66. The first-order valence-electron chi connectivity index (χ1n) is 3.59. The molecule has 2 aromatic heterocycles. The molecule has 13 heavy (non-hydrogen) atoms. The van der Waals surface area contributed by atoms with Gasteiger partial charge in [-0.2, -0.15) is 0 Å². The number of aromatic nitrogens is 2. The molecular formula is C5H2B3Cl3N2. The molecule has 0 radical (unpaired) electrons. The molecule has 0 saturated carbocycles. The number of halogens is 3. The fraction of sp³-hybridized carbons (Fsp3) is 0.200. The van der Waals surface area contributed by atoms with Crippen molar-refractivity contribution in [3.63, 3.8) is 0 Å². The first-order chi connectivity index (χ1) is 6.07. The Labute approximate surface area is 91.6 Å². The van der Waals surface area contributed by atoms with E-state index in [9.17, 15) is 0 Å². The Balaban J connectivity index is 2.63. The van der Waals surface area contributed by atoms with E-state index in [1.165, 1.54) is 0 Å². The summed E-state index contributed by atoms with van der Waals surface area (Å²) in [6, 6.07) is 0. The van der Waals surface area contributed by atoms with Gasteiger partial charge < -0.3 is 0 Å². The molecule has 0 bridgehead atoms. The zero-order valence-electron chi connectivity index (χ0n) is 6.39. The monoisotopic (exact) mass is 228 g/mol. The van der Waals surface area contributed by atoms with Crippen molar-refractivity contribution < 1.29 is 0 Å².